The molecule has 3 aromatic rings. The second kappa shape index (κ2) is 6.72. The third-order valence-corrected chi connectivity index (χ3v) is 3.48. The van der Waals surface area contributed by atoms with E-state index in [2.05, 4.69) is 44.9 Å². The largest absolute Gasteiger partial charge is 0.373 e. The molecule has 3 rings (SSSR count). The van der Waals surface area contributed by atoms with Gasteiger partial charge in [0.05, 0.1) is 6.04 Å². The van der Waals surface area contributed by atoms with E-state index in [-0.39, 0.29) is 6.04 Å². The number of anilines is 2. The molecule has 0 unspecified atom stereocenters. The Morgan fingerprint density at radius 2 is 1.32 bits per heavy atom. The van der Waals surface area contributed by atoms with Crippen LogP contribution in [0.1, 0.15) is 17.2 Å². The molecule has 1 heterocycles. The number of nitrogens with one attached hydrogen (secondary N) is 2. The monoisotopic (exact) mass is 290 g/mol. The SMILES string of the molecule is CNc1cc(NC(c2ccccc2)c2ccccc2)ncn1. The van der Waals surface area contributed by atoms with Gasteiger partial charge in [-0.05, 0) is 11.1 Å². The molecule has 0 aliphatic heterocycles. The lowest BCUT2D eigenvalue weighted by molar-refractivity contribution is 0.922. The average Bonchev–Trinajstić information content (AvgIpc) is 2.61. The maximum absolute atomic E-state index is 4.32. The lowest BCUT2D eigenvalue weighted by Gasteiger charge is -2.20. The molecule has 22 heavy (non-hydrogen) atoms. The fourth-order valence-corrected chi connectivity index (χ4v) is 2.37. The fraction of sp³-hybridized carbons (Fsp3) is 0.111. The first kappa shape index (κ1) is 14.1. The Morgan fingerprint density at radius 1 is 0.773 bits per heavy atom. The van der Waals surface area contributed by atoms with Crippen molar-refractivity contribution >= 4 is 11.6 Å². The quantitative estimate of drug-likeness (QED) is 0.752. The van der Waals surface area contributed by atoms with Crippen molar-refractivity contribution in [2.75, 3.05) is 17.7 Å². The first-order valence-electron chi connectivity index (χ1n) is 7.23. The summed E-state index contributed by atoms with van der Waals surface area (Å²) in [6, 6.07) is 22.6. The van der Waals surface area contributed by atoms with Crippen LogP contribution in [0.5, 0.6) is 0 Å². The van der Waals surface area contributed by atoms with E-state index in [0.29, 0.717) is 0 Å². The average molecular weight is 290 g/mol. The third-order valence-electron chi connectivity index (χ3n) is 3.48. The molecular weight excluding hydrogens is 272 g/mol. The zero-order valence-corrected chi connectivity index (χ0v) is 12.4. The fourth-order valence-electron chi connectivity index (χ4n) is 2.37. The molecule has 0 atom stereocenters. The summed E-state index contributed by atoms with van der Waals surface area (Å²) in [6.45, 7) is 0. The van der Waals surface area contributed by atoms with E-state index >= 15 is 0 Å². The van der Waals surface area contributed by atoms with Gasteiger partial charge < -0.3 is 10.6 Å². The molecule has 0 aliphatic rings. The summed E-state index contributed by atoms with van der Waals surface area (Å²) in [4.78, 5) is 8.46. The Labute approximate surface area is 130 Å². The second-order valence-electron chi connectivity index (χ2n) is 4.94. The summed E-state index contributed by atoms with van der Waals surface area (Å²) < 4.78 is 0. The third kappa shape index (κ3) is 3.23. The van der Waals surface area contributed by atoms with Crippen LogP contribution in [0.4, 0.5) is 11.6 Å². The normalized spacial score (nSPS) is 10.5. The zero-order chi connectivity index (χ0) is 15.2. The van der Waals surface area contributed by atoms with Crippen LogP contribution >= 0.6 is 0 Å². The summed E-state index contributed by atoms with van der Waals surface area (Å²) in [5.74, 6) is 1.58. The van der Waals surface area contributed by atoms with Crippen LogP contribution in [-0.2, 0) is 0 Å². The van der Waals surface area contributed by atoms with Crippen molar-refractivity contribution in [2.45, 2.75) is 6.04 Å². The van der Waals surface area contributed by atoms with E-state index < -0.39 is 0 Å². The number of nitrogens with zero attached hydrogens (tertiary/aromatic N) is 2. The number of rotatable bonds is 5. The van der Waals surface area contributed by atoms with Crippen molar-refractivity contribution in [3.8, 4) is 0 Å². The van der Waals surface area contributed by atoms with Crippen molar-refractivity contribution in [1.29, 1.82) is 0 Å². The Balaban J connectivity index is 1.95. The highest BCUT2D eigenvalue weighted by atomic mass is 15.1. The molecule has 1 aromatic heterocycles. The van der Waals surface area contributed by atoms with Gasteiger partial charge in [-0.1, -0.05) is 60.7 Å². The van der Waals surface area contributed by atoms with Gasteiger partial charge in [0.15, 0.2) is 0 Å². The van der Waals surface area contributed by atoms with Crippen molar-refractivity contribution in [1.82, 2.24) is 9.97 Å². The minimum atomic E-state index is 0.0435. The molecule has 0 radical (unpaired) electrons. The Bertz CT molecular complexity index is 674. The molecule has 2 aromatic carbocycles. The molecule has 0 saturated carbocycles. The van der Waals surface area contributed by atoms with Crippen molar-refractivity contribution < 1.29 is 0 Å². The Hall–Kier alpha value is -2.88. The van der Waals surface area contributed by atoms with Gasteiger partial charge in [-0.15, -0.1) is 0 Å². The maximum atomic E-state index is 4.32. The molecule has 2 N–H and O–H groups in total. The van der Waals surface area contributed by atoms with Crippen LogP contribution in [0.15, 0.2) is 73.1 Å². The topological polar surface area (TPSA) is 49.8 Å². The van der Waals surface area contributed by atoms with Gasteiger partial charge in [0.1, 0.15) is 18.0 Å². The summed E-state index contributed by atoms with van der Waals surface area (Å²) in [7, 11) is 1.85. The smallest absolute Gasteiger partial charge is 0.132 e. The van der Waals surface area contributed by atoms with Crippen molar-refractivity contribution in [2.24, 2.45) is 0 Å². The van der Waals surface area contributed by atoms with E-state index in [0.717, 1.165) is 11.6 Å². The van der Waals surface area contributed by atoms with Crippen molar-refractivity contribution in [3.63, 3.8) is 0 Å². The van der Waals surface area contributed by atoms with Crippen molar-refractivity contribution in [3.05, 3.63) is 84.2 Å². The van der Waals surface area contributed by atoms with Crippen LogP contribution in [0.2, 0.25) is 0 Å². The number of benzene rings is 2. The highest BCUT2D eigenvalue weighted by Gasteiger charge is 2.14. The standard InChI is InChI=1S/C18H18N4/c1-19-16-12-17(21-13-20-16)22-18(14-8-4-2-5-9-14)15-10-6-3-7-11-15/h2-13,18H,1H3,(H2,19,20,21,22). The number of hydrogen-bond acceptors (Lipinski definition) is 4. The molecule has 4 heteroatoms. The molecule has 0 spiro atoms. The zero-order valence-electron chi connectivity index (χ0n) is 12.4. The molecule has 0 saturated heterocycles. The maximum Gasteiger partial charge on any atom is 0.132 e. The highest BCUT2D eigenvalue weighted by Crippen LogP contribution is 2.26. The van der Waals surface area contributed by atoms with Gasteiger partial charge in [-0.25, -0.2) is 9.97 Å². The summed E-state index contributed by atoms with van der Waals surface area (Å²) in [5.41, 5.74) is 2.39. The first-order chi connectivity index (χ1) is 10.9. The molecule has 110 valence electrons. The summed E-state index contributed by atoms with van der Waals surface area (Å²) in [6.07, 6.45) is 1.56. The summed E-state index contributed by atoms with van der Waals surface area (Å²) in [5, 5.41) is 6.52. The molecule has 0 fully saturated rings. The summed E-state index contributed by atoms with van der Waals surface area (Å²) >= 11 is 0. The van der Waals surface area contributed by atoms with Crippen LogP contribution in [-0.4, -0.2) is 17.0 Å². The predicted molar refractivity (Wildman–Crippen MR) is 89.9 cm³/mol. The molecular formula is C18H18N4. The second-order valence-corrected chi connectivity index (χ2v) is 4.94. The van der Waals surface area contributed by atoms with Gasteiger partial charge in [0.25, 0.3) is 0 Å². The lowest BCUT2D eigenvalue weighted by atomic mass is 9.99. The van der Waals surface area contributed by atoms with Crippen LogP contribution in [0.25, 0.3) is 0 Å². The van der Waals surface area contributed by atoms with E-state index in [1.165, 1.54) is 11.1 Å². The van der Waals surface area contributed by atoms with Crippen LogP contribution in [0, 0.1) is 0 Å². The molecule has 0 aliphatic carbocycles. The molecule has 0 bridgehead atoms. The van der Waals surface area contributed by atoms with Gasteiger partial charge in [-0.3, -0.25) is 0 Å². The lowest BCUT2D eigenvalue weighted by Crippen LogP contribution is -2.13. The predicted octanol–water partition coefficient (Wildman–Crippen LogP) is 3.72. The Morgan fingerprint density at radius 3 is 1.86 bits per heavy atom. The first-order valence-corrected chi connectivity index (χ1v) is 7.23. The number of hydrogen-bond donors (Lipinski definition) is 2. The van der Waals surface area contributed by atoms with E-state index in [1.54, 1.807) is 6.33 Å². The van der Waals surface area contributed by atoms with Crippen LogP contribution < -0.4 is 10.6 Å². The van der Waals surface area contributed by atoms with E-state index in [9.17, 15) is 0 Å². The van der Waals surface area contributed by atoms with Crippen LogP contribution in [0.3, 0.4) is 0 Å². The van der Waals surface area contributed by atoms with Gasteiger partial charge in [-0.2, -0.15) is 0 Å². The van der Waals surface area contributed by atoms with Gasteiger partial charge in [0, 0.05) is 13.1 Å². The van der Waals surface area contributed by atoms with E-state index in [1.807, 2.05) is 49.5 Å². The molecule has 0 amide bonds. The van der Waals surface area contributed by atoms with Gasteiger partial charge in [0.2, 0.25) is 0 Å². The Kier molecular flexibility index (Phi) is 4.30. The minimum absolute atomic E-state index is 0.0435. The highest BCUT2D eigenvalue weighted by molar-refractivity contribution is 5.50. The molecule has 4 nitrogen and oxygen atoms in total. The number of aromatic nitrogens is 2. The van der Waals surface area contributed by atoms with E-state index in [4.69, 9.17) is 0 Å². The minimum Gasteiger partial charge on any atom is -0.373 e. The van der Waals surface area contributed by atoms with Gasteiger partial charge >= 0.3 is 0 Å².